The molecule has 1 aliphatic carbocycles. The molecule has 4 nitrogen and oxygen atoms in total. The lowest BCUT2D eigenvalue weighted by Gasteiger charge is -2.18. The first-order valence-electron chi connectivity index (χ1n) is 6.50. The van der Waals surface area contributed by atoms with E-state index < -0.39 is 11.9 Å². The Labute approximate surface area is 109 Å². The van der Waals surface area contributed by atoms with Gasteiger partial charge in [-0.3, -0.25) is 0 Å². The SMILES string of the molecule is FC(F)(F)c1cc(NC2CC2)nc(N2CCCC2)n1. The van der Waals surface area contributed by atoms with Crippen LogP contribution in [0.4, 0.5) is 24.9 Å². The minimum Gasteiger partial charge on any atom is -0.367 e. The number of nitrogens with zero attached hydrogens (tertiary/aromatic N) is 3. The van der Waals surface area contributed by atoms with Crippen LogP contribution in [0.1, 0.15) is 31.4 Å². The van der Waals surface area contributed by atoms with E-state index in [0.717, 1.165) is 44.8 Å². The van der Waals surface area contributed by atoms with Gasteiger partial charge in [-0.05, 0) is 25.7 Å². The number of rotatable bonds is 3. The maximum Gasteiger partial charge on any atom is 0.433 e. The van der Waals surface area contributed by atoms with E-state index >= 15 is 0 Å². The van der Waals surface area contributed by atoms with Crippen LogP contribution in [0.3, 0.4) is 0 Å². The van der Waals surface area contributed by atoms with Crippen LogP contribution in [0.2, 0.25) is 0 Å². The average Bonchev–Trinajstić information content (AvgIpc) is 2.99. The minimum atomic E-state index is -4.43. The van der Waals surface area contributed by atoms with Gasteiger partial charge in [0, 0.05) is 25.2 Å². The standard InChI is InChI=1S/C12H15F3N4/c13-12(14,15)9-7-10(16-8-3-4-8)18-11(17-9)19-5-1-2-6-19/h7-8H,1-6H2,(H,16,17,18). The summed E-state index contributed by atoms with van der Waals surface area (Å²) >= 11 is 0. The fourth-order valence-corrected chi connectivity index (χ4v) is 2.15. The first kappa shape index (κ1) is 12.5. The largest absolute Gasteiger partial charge is 0.433 e. The van der Waals surface area contributed by atoms with E-state index in [1.54, 1.807) is 0 Å². The van der Waals surface area contributed by atoms with Crippen LogP contribution in [-0.2, 0) is 6.18 Å². The third-order valence-corrected chi connectivity index (χ3v) is 3.32. The molecule has 1 N–H and O–H groups in total. The quantitative estimate of drug-likeness (QED) is 0.918. The van der Waals surface area contributed by atoms with E-state index in [0.29, 0.717) is 0 Å². The van der Waals surface area contributed by atoms with Gasteiger partial charge in [-0.25, -0.2) is 4.98 Å². The summed E-state index contributed by atoms with van der Waals surface area (Å²) in [6.45, 7) is 1.45. The molecule has 1 saturated carbocycles. The van der Waals surface area contributed by atoms with Gasteiger partial charge in [-0.1, -0.05) is 0 Å². The van der Waals surface area contributed by atoms with Crippen molar-refractivity contribution in [2.45, 2.75) is 37.9 Å². The Bertz CT molecular complexity index is 465. The molecule has 19 heavy (non-hydrogen) atoms. The molecular weight excluding hydrogens is 257 g/mol. The zero-order chi connectivity index (χ0) is 13.5. The molecule has 104 valence electrons. The smallest absolute Gasteiger partial charge is 0.367 e. The highest BCUT2D eigenvalue weighted by Gasteiger charge is 2.35. The Kier molecular flexibility index (Phi) is 2.99. The monoisotopic (exact) mass is 272 g/mol. The molecule has 0 bridgehead atoms. The Morgan fingerprint density at radius 3 is 2.42 bits per heavy atom. The number of alkyl halides is 3. The molecule has 0 radical (unpaired) electrons. The lowest BCUT2D eigenvalue weighted by Crippen LogP contribution is -2.23. The minimum absolute atomic E-state index is 0.190. The van der Waals surface area contributed by atoms with Crippen molar-refractivity contribution in [3.8, 4) is 0 Å². The number of anilines is 2. The van der Waals surface area contributed by atoms with Gasteiger partial charge in [0.15, 0.2) is 5.69 Å². The Morgan fingerprint density at radius 2 is 1.84 bits per heavy atom. The Balaban J connectivity index is 1.92. The molecule has 2 fully saturated rings. The highest BCUT2D eigenvalue weighted by atomic mass is 19.4. The van der Waals surface area contributed by atoms with Crippen molar-refractivity contribution < 1.29 is 13.2 Å². The number of hydrogen-bond donors (Lipinski definition) is 1. The summed E-state index contributed by atoms with van der Waals surface area (Å²) in [7, 11) is 0. The summed E-state index contributed by atoms with van der Waals surface area (Å²) in [5.74, 6) is 0.474. The highest BCUT2D eigenvalue weighted by molar-refractivity contribution is 5.46. The van der Waals surface area contributed by atoms with Gasteiger partial charge < -0.3 is 10.2 Å². The van der Waals surface area contributed by atoms with E-state index in [-0.39, 0.29) is 17.8 Å². The van der Waals surface area contributed by atoms with E-state index in [9.17, 15) is 13.2 Å². The van der Waals surface area contributed by atoms with E-state index in [4.69, 9.17) is 0 Å². The second-order valence-corrected chi connectivity index (χ2v) is 5.05. The van der Waals surface area contributed by atoms with Gasteiger partial charge in [-0.15, -0.1) is 0 Å². The van der Waals surface area contributed by atoms with Gasteiger partial charge in [0.2, 0.25) is 5.95 Å². The summed E-state index contributed by atoms with van der Waals surface area (Å²) in [5.41, 5.74) is -0.868. The Morgan fingerprint density at radius 1 is 1.16 bits per heavy atom. The maximum absolute atomic E-state index is 12.9. The van der Waals surface area contributed by atoms with Crippen LogP contribution in [0, 0.1) is 0 Å². The molecule has 1 saturated heterocycles. The lowest BCUT2D eigenvalue weighted by atomic mass is 10.3. The average molecular weight is 272 g/mol. The van der Waals surface area contributed by atoms with Crippen LogP contribution < -0.4 is 10.2 Å². The summed E-state index contributed by atoms with van der Waals surface area (Å²) in [5, 5.41) is 3.01. The second kappa shape index (κ2) is 4.54. The molecule has 0 aromatic carbocycles. The topological polar surface area (TPSA) is 41.1 Å². The second-order valence-electron chi connectivity index (χ2n) is 5.05. The van der Waals surface area contributed by atoms with Crippen LogP contribution in [0.5, 0.6) is 0 Å². The predicted molar refractivity (Wildman–Crippen MR) is 65.1 cm³/mol. The fourth-order valence-electron chi connectivity index (χ4n) is 2.15. The first-order valence-corrected chi connectivity index (χ1v) is 6.50. The van der Waals surface area contributed by atoms with Crippen LogP contribution >= 0.6 is 0 Å². The third kappa shape index (κ3) is 2.90. The van der Waals surface area contributed by atoms with E-state index in [1.807, 2.05) is 4.90 Å². The van der Waals surface area contributed by atoms with Crippen molar-refractivity contribution in [3.63, 3.8) is 0 Å². The summed E-state index contributed by atoms with van der Waals surface area (Å²) in [6.07, 6.45) is -0.498. The molecule has 2 aliphatic rings. The van der Waals surface area contributed by atoms with Crippen molar-refractivity contribution >= 4 is 11.8 Å². The fraction of sp³-hybridized carbons (Fsp3) is 0.667. The molecule has 1 aromatic heterocycles. The normalized spacial score (nSPS) is 19.8. The molecule has 0 unspecified atom stereocenters. The van der Waals surface area contributed by atoms with Gasteiger partial charge in [-0.2, -0.15) is 18.2 Å². The van der Waals surface area contributed by atoms with Gasteiger partial charge in [0.05, 0.1) is 0 Å². The van der Waals surface area contributed by atoms with Crippen molar-refractivity contribution in [3.05, 3.63) is 11.8 Å². The number of halogens is 3. The molecule has 0 atom stereocenters. The summed E-state index contributed by atoms with van der Waals surface area (Å²) in [6, 6.07) is 1.26. The lowest BCUT2D eigenvalue weighted by molar-refractivity contribution is -0.141. The number of nitrogens with one attached hydrogen (secondary N) is 1. The van der Waals surface area contributed by atoms with E-state index in [2.05, 4.69) is 15.3 Å². The molecule has 7 heteroatoms. The summed E-state index contributed by atoms with van der Waals surface area (Å²) < 4.78 is 38.6. The van der Waals surface area contributed by atoms with Gasteiger partial charge in [0.1, 0.15) is 5.82 Å². The molecule has 2 heterocycles. The number of aromatic nitrogens is 2. The van der Waals surface area contributed by atoms with E-state index in [1.165, 1.54) is 0 Å². The predicted octanol–water partition coefficient (Wildman–Crippen LogP) is 2.67. The van der Waals surface area contributed by atoms with Crippen LogP contribution in [0.25, 0.3) is 0 Å². The third-order valence-electron chi connectivity index (χ3n) is 3.32. The van der Waals surface area contributed by atoms with Crippen LogP contribution in [-0.4, -0.2) is 29.1 Å². The maximum atomic E-state index is 12.9. The molecule has 1 aliphatic heterocycles. The molecular formula is C12H15F3N4. The molecule has 0 amide bonds. The molecule has 0 spiro atoms. The zero-order valence-electron chi connectivity index (χ0n) is 10.4. The van der Waals surface area contributed by atoms with Crippen molar-refractivity contribution in [2.75, 3.05) is 23.3 Å². The van der Waals surface area contributed by atoms with Crippen LogP contribution in [0.15, 0.2) is 6.07 Å². The first-order chi connectivity index (χ1) is 9.02. The Hall–Kier alpha value is -1.53. The summed E-state index contributed by atoms with van der Waals surface area (Å²) in [4.78, 5) is 9.69. The highest BCUT2D eigenvalue weighted by Crippen LogP contribution is 2.32. The number of hydrogen-bond acceptors (Lipinski definition) is 4. The van der Waals surface area contributed by atoms with Crippen molar-refractivity contribution in [1.29, 1.82) is 0 Å². The molecule has 3 rings (SSSR count). The molecule has 1 aromatic rings. The van der Waals surface area contributed by atoms with Crippen molar-refractivity contribution in [2.24, 2.45) is 0 Å². The van der Waals surface area contributed by atoms with Gasteiger partial charge in [0.25, 0.3) is 0 Å². The van der Waals surface area contributed by atoms with Gasteiger partial charge >= 0.3 is 6.18 Å². The van der Waals surface area contributed by atoms with Crippen molar-refractivity contribution in [1.82, 2.24) is 9.97 Å². The zero-order valence-corrected chi connectivity index (χ0v) is 10.4.